The zero-order valence-corrected chi connectivity index (χ0v) is 14.5. The molecule has 1 aromatic rings. The average molecular weight is 443 g/mol. The largest absolute Gasteiger partial charge is 0.384 e. The Hall–Kier alpha value is -2.08. The quantitative estimate of drug-likeness (QED) is 0.602. The summed E-state index contributed by atoms with van der Waals surface area (Å²) in [6.45, 7) is 3.38. The molecule has 1 saturated carbocycles. The van der Waals surface area contributed by atoms with Crippen molar-refractivity contribution in [3.63, 3.8) is 0 Å². The summed E-state index contributed by atoms with van der Waals surface area (Å²) in [6, 6.07) is 4.14. The first kappa shape index (κ1) is 23.2. The average Bonchev–Trinajstić information content (AvgIpc) is 2.59. The van der Waals surface area contributed by atoms with Crippen molar-refractivity contribution >= 4 is 11.6 Å². The third-order valence-corrected chi connectivity index (χ3v) is 4.59. The van der Waals surface area contributed by atoms with E-state index in [0.29, 0.717) is 5.56 Å². The first-order valence-corrected chi connectivity index (χ1v) is 7.80. The molecule has 1 aliphatic rings. The summed E-state index contributed by atoms with van der Waals surface area (Å²) >= 11 is 0. The molecule has 2 nitrogen and oxygen atoms in total. The Balaban J connectivity index is 2.59. The van der Waals surface area contributed by atoms with E-state index in [0.717, 1.165) is 17.4 Å². The Morgan fingerprint density at radius 1 is 0.690 bits per heavy atom. The van der Waals surface area contributed by atoms with Crippen LogP contribution in [0.15, 0.2) is 24.3 Å². The maximum absolute atomic E-state index is 14.5. The van der Waals surface area contributed by atoms with E-state index in [-0.39, 0.29) is 5.92 Å². The highest BCUT2D eigenvalue weighted by Gasteiger charge is 3.02. The van der Waals surface area contributed by atoms with Crippen LogP contribution < -0.4 is 5.32 Å². The zero-order chi connectivity index (χ0) is 22.8. The van der Waals surface area contributed by atoms with Gasteiger partial charge in [0.2, 0.25) is 0 Å². The van der Waals surface area contributed by atoms with Crippen LogP contribution in [0.3, 0.4) is 0 Å². The number of amides is 1. The normalized spacial score (nSPS) is 25.4. The second-order valence-electron chi connectivity index (χ2n) is 6.76. The second kappa shape index (κ2) is 6.21. The summed E-state index contributed by atoms with van der Waals surface area (Å²) in [7, 11) is 0. The Morgan fingerprint density at radius 3 is 1.38 bits per heavy atom. The fraction of sp³-hybridized carbons (Fsp3) is 0.562. The summed E-state index contributed by atoms with van der Waals surface area (Å²) in [5, 5.41) is 1.05. The Labute approximate surface area is 156 Å². The number of hydrogen-bond donors (Lipinski definition) is 1. The van der Waals surface area contributed by atoms with Crippen molar-refractivity contribution in [1.29, 1.82) is 0 Å². The fourth-order valence-electron chi connectivity index (χ4n) is 2.68. The molecule has 0 spiro atoms. The maximum Gasteiger partial charge on any atom is 0.384 e. The predicted molar refractivity (Wildman–Crippen MR) is 77.7 cm³/mol. The number of carbonyl (C=O) groups excluding carboxylic acids is 1. The summed E-state index contributed by atoms with van der Waals surface area (Å²) in [5.74, 6) is -39.8. The Kier molecular flexibility index (Phi) is 4.97. The van der Waals surface area contributed by atoms with Crippen LogP contribution in [0, 0.1) is 0 Å². The van der Waals surface area contributed by atoms with E-state index in [1.54, 1.807) is 13.8 Å². The molecule has 0 heterocycles. The molecule has 0 atom stereocenters. The van der Waals surface area contributed by atoms with Gasteiger partial charge in [-0.3, -0.25) is 4.79 Å². The molecule has 29 heavy (non-hydrogen) atoms. The predicted octanol–water partition coefficient (Wildman–Crippen LogP) is 5.65. The highest BCUT2D eigenvalue weighted by Crippen LogP contribution is 2.69. The zero-order valence-electron chi connectivity index (χ0n) is 14.5. The molecule has 1 aliphatic carbocycles. The van der Waals surface area contributed by atoms with Gasteiger partial charge < -0.3 is 5.32 Å². The molecule has 0 unspecified atom stereocenters. The third-order valence-electron chi connectivity index (χ3n) is 4.59. The van der Waals surface area contributed by atoms with Gasteiger partial charge in [0.15, 0.2) is 0 Å². The molecule has 0 radical (unpaired) electrons. The number of rotatable bonds is 3. The van der Waals surface area contributed by atoms with Gasteiger partial charge in [-0.25, -0.2) is 4.39 Å². The molecule has 13 heteroatoms. The Morgan fingerprint density at radius 2 is 1.03 bits per heavy atom. The lowest BCUT2D eigenvalue weighted by molar-refractivity contribution is -0.475. The lowest BCUT2D eigenvalue weighted by Crippen LogP contribution is -2.86. The van der Waals surface area contributed by atoms with E-state index >= 15 is 0 Å². The lowest BCUT2D eigenvalue weighted by atomic mass is 9.71. The van der Waals surface area contributed by atoms with Gasteiger partial charge in [0.05, 0.1) is 0 Å². The van der Waals surface area contributed by atoms with Crippen LogP contribution in [0.1, 0.15) is 25.3 Å². The van der Waals surface area contributed by atoms with E-state index in [2.05, 4.69) is 0 Å². The summed E-state index contributed by atoms with van der Waals surface area (Å²) in [5.41, 5.74) is -6.85. The monoisotopic (exact) mass is 443 g/mol. The summed E-state index contributed by atoms with van der Waals surface area (Å²) in [4.78, 5) is 11.8. The standard InChI is InChI=1S/C16H12F11NO/c1-7(2)8-3-5-9(6-4-8)28-10(29)11(17)12(18,19)14(22,23)16(26,27)15(24,25)13(11,20)21/h3-7H,1-2H3,(H,28,29). The fourth-order valence-corrected chi connectivity index (χ4v) is 2.68. The van der Waals surface area contributed by atoms with E-state index in [9.17, 15) is 53.1 Å². The van der Waals surface area contributed by atoms with Gasteiger partial charge in [0.1, 0.15) is 0 Å². The first-order valence-electron chi connectivity index (χ1n) is 7.80. The molecule has 1 fully saturated rings. The van der Waals surface area contributed by atoms with Crippen molar-refractivity contribution < 1.29 is 53.1 Å². The molecule has 2 rings (SSSR count). The Bertz CT molecular complexity index is 772. The topological polar surface area (TPSA) is 29.1 Å². The van der Waals surface area contributed by atoms with Gasteiger partial charge >= 0.3 is 35.3 Å². The van der Waals surface area contributed by atoms with E-state index in [1.807, 2.05) is 0 Å². The molecule has 1 aromatic carbocycles. The highest BCUT2D eigenvalue weighted by molar-refractivity contribution is 5.99. The first-order chi connectivity index (χ1) is 12.8. The number of hydrogen-bond acceptors (Lipinski definition) is 1. The molecule has 0 aromatic heterocycles. The van der Waals surface area contributed by atoms with Gasteiger partial charge in [-0.15, -0.1) is 0 Å². The van der Waals surface area contributed by atoms with Crippen molar-refractivity contribution in [3.8, 4) is 0 Å². The molecule has 1 amide bonds. The summed E-state index contributed by atoms with van der Waals surface area (Å²) in [6.07, 6.45) is 0. The minimum atomic E-state index is -7.36. The van der Waals surface area contributed by atoms with E-state index in [4.69, 9.17) is 0 Å². The lowest BCUT2D eigenvalue weighted by Gasteiger charge is -2.51. The molecular weight excluding hydrogens is 431 g/mol. The molecule has 0 aliphatic heterocycles. The number of anilines is 1. The second-order valence-corrected chi connectivity index (χ2v) is 6.76. The third kappa shape index (κ3) is 2.57. The van der Waals surface area contributed by atoms with Crippen molar-refractivity contribution in [3.05, 3.63) is 29.8 Å². The van der Waals surface area contributed by atoms with E-state index in [1.165, 1.54) is 12.1 Å². The van der Waals surface area contributed by atoms with Gasteiger partial charge in [-0.05, 0) is 23.6 Å². The van der Waals surface area contributed by atoms with Gasteiger partial charge in [0.25, 0.3) is 5.91 Å². The van der Waals surface area contributed by atoms with Crippen LogP contribution in [-0.2, 0) is 4.79 Å². The molecular formula is C16H12F11NO. The van der Waals surface area contributed by atoms with Crippen LogP contribution in [0.25, 0.3) is 0 Å². The van der Waals surface area contributed by atoms with Gasteiger partial charge in [-0.2, -0.15) is 43.9 Å². The molecule has 0 bridgehead atoms. The van der Waals surface area contributed by atoms with Gasteiger partial charge in [-0.1, -0.05) is 26.0 Å². The molecule has 1 N–H and O–H groups in total. The summed E-state index contributed by atoms with van der Waals surface area (Å²) < 4.78 is 150. The van der Waals surface area contributed by atoms with Crippen molar-refractivity contribution in [1.82, 2.24) is 0 Å². The van der Waals surface area contributed by atoms with Crippen molar-refractivity contribution in [2.75, 3.05) is 5.32 Å². The van der Waals surface area contributed by atoms with Crippen LogP contribution in [0.4, 0.5) is 54.0 Å². The van der Waals surface area contributed by atoms with Crippen LogP contribution in [0.5, 0.6) is 0 Å². The number of benzene rings is 1. The number of carbonyl (C=O) groups is 1. The number of halogens is 11. The number of alkyl halides is 11. The van der Waals surface area contributed by atoms with Crippen LogP contribution in [0.2, 0.25) is 0 Å². The van der Waals surface area contributed by atoms with Crippen molar-refractivity contribution in [2.45, 2.75) is 55.0 Å². The van der Waals surface area contributed by atoms with Crippen LogP contribution in [-0.4, -0.2) is 41.2 Å². The SMILES string of the molecule is CC(C)c1ccc(NC(=O)C2(F)C(F)(F)C(F)(F)C(F)(F)C(F)(F)C2(F)F)cc1. The van der Waals surface area contributed by atoms with Crippen molar-refractivity contribution in [2.24, 2.45) is 0 Å². The molecule has 0 saturated heterocycles. The van der Waals surface area contributed by atoms with Gasteiger partial charge in [0, 0.05) is 5.69 Å². The highest BCUT2D eigenvalue weighted by atomic mass is 19.4. The number of nitrogens with one attached hydrogen (secondary N) is 1. The molecule has 164 valence electrons. The van der Waals surface area contributed by atoms with Crippen LogP contribution >= 0.6 is 0 Å². The maximum atomic E-state index is 14.5. The smallest absolute Gasteiger partial charge is 0.323 e. The van der Waals surface area contributed by atoms with E-state index < -0.39 is 46.9 Å². The minimum absolute atomic E-state index is 0.112. The minimum Gasteiger partial charge on any atom is -0.323 e.